The first-order chi connectivity index (χ1) is 18.4. The minimum atomic E-state index is -0.672. The maximum Gasteiger partial charge on any atom is 0.169 e. The summed E-state index contributed by atoms with van der Waals surface area (Å²) in [6.07, 6.45) is 7.80. The number of Topliss-reactive ketones (excluding diaryl/α,β-unsaturated/α-hetero) is 1. The number of pyridine rings is 1. The summed E-state index contributed by atoms with van der Waals surface area (Å²) in [5.41, 5.74) is 3.98. The lowest BCUT2D eigenvalue weighted by molar-refractivity contribution is 0.0968. The highest BCUT2D eigenvalue weighted by Gasteiger charge is 2.33. The van der Waals surface area contributed by atoms with E-state index in [9.17, 15) is 14.3 Å². The van der Waals surface area contributed by atoms with E-state index in [1.807, 2.05) is 18.2 Å². The van der Waals surface area contributed by atoms with Crippen LogP contribution in [0.2, 0.25) is 10.0 Å². The zero-order chi connectivity index (χ0) is 26.4. The second-order valence-electron chi connectivity index (χ2n) is 11.2. The highest BCUT2D eigenvalue weighted by atomic mass is 35.5. The molecule has 38 heavy (non-hydrogen) atoms. The lowest BCUT2D eigenvalue weighted by atomic mass is 9.85. The van der Waals surface area contributed by atoms with Crippen molar-refractivity contribution in [3.63, 3.8) is 0 Å². The maximum absolute atomic E-state index is 13.6. The van der Waals surface area contributed by atoms with Gasteiger partial charge >= 0.3 is 0 Å². The largest absolute Gasteiger partial charge is 0.505 e. The lowest BCUT2D eigenvalue weighted by Gasteiger charge is -2.32. The van der Waals surface area contributed by atoms with Crippen molar-refractivity contribution in [2.45, 2.75) is 57.2 Å². The minimum absolute atomic E-state index is 0.0863. The fourth-order valence-electron chi connectivity index (χ4n) is 6.02. The summed E-state index contributed by atoms with van der Waals surface area (Å²) < 4.78 is 13.6. The predicted octanol–water partition coefficient (Wildman–Crippen LogP) is 7.52. The quantitative estimate of drug-likeness (QED) is 0.295. The van der Waals surface area contributed by atoms with Crippen molar-refractivity contribution in [2.75, 3.05) is 25.0 Å². The van der Waals surface area contributed by atoms with Crippen LogP contribution in [0.4, 0.5) is 10.1 Å². The Bertz CT molecular complexity index is 1350. The van der Waals surface area contributed by atoms with Gasteiger partial charge in [-0.15, -0.1) is 0 Å². The Labute approximate surface area is 232 Å². The van der Waals surface area contributed by atoms with Crippen molar-refractivity contribution < 1.29 is 14.3 Å². The highest BCUT2D eigenvalue weighted by Crippen LogP contribution is 2.41. The van der Waals surface area contributed by atoms with E-state index in [0.29, 0.717) is 24.4 Å². The molecule has 2 heterocycles. The average Bonchev–Trinajstić information content (AvgIpc) is 3.69. The van der Waals surface area contributed by atoms with Crippen molar-refractivity contribution in [1.82, 2.24) is 9.88 Å². The van der Waals surface area contributed by atoms with Crippen LogP contribution in [-0.4, -0.2) is 52.6 Å². The molecule has 2 saturated carbocycles. The molecule has 1 aliphatic heterocycles. The maximum atomic E-state index is 13.6. The second kappa shape index (κ2) is 10.6. The van der Waals surface area contributed by atoms with Gasteiger partial charge in [-0.3, -0.25) is 9.78 Å². The summed E-state index contributed by atoms with van der Waals surface area (Å²) >= 11 is 12.4. The number of hydrogen-bond donors (Lipinski definition) is 2. The number of nitrogens with zero attached hydrogens (tertiary/aromatic N) is 2. The molecule has 2 N–H and O–H groups in total. The van der Waals surface area contributed by atoms with Crippen LogP contribution in [0.1, 0.15) is 55.3 Å². The number of phenols is 1. The van der Waals surface area contributed by atoms with Gasteiger partial charge in [0.25, 0.3) is 0 Å². The van der Waals surface area contributed by atoms with Gasteiger partial charge in [0.15, 0.2) is 11.5 Å². The number of halogens is 3. The molecule has 5 nitrogen and oxygen atoms in total. The Morgan fingerprint density at radius 2 is 1.76 bits per heavy atom. The number of carbonyl (C=O) groups is 1. The van der Waals surface area contributed by atoms with Crippen molar-refractivity contribution in [3.05, 3.63) is 52.1 Å². The van der Waals surface area contributed by atoms with E-state index in [1.54, 1.807) is 18.3 Å². The first-order valence-corrected chi connectivity index (χ1v) is 14.4. The molecule has 0 spiro atoms. The fraction of sp³-hybridized carbons (Fsp3) is 0.467. The summed E-state index contributed by atoms with van der Waals surface area (Å²) in [6.45, 7) is 2.43. The molecule has 8 heteroatoms. The van der Waals surface area contributed by atoms with Crippen LogP contribution in [0.15, 0.2) is 36.5 Å². The Hall–Kier alpha value is -2.41. The van der Waals surface area contributed by atoms with E-state index in [1.165, 1.54) is 0 Å². The molecule has 6 rings (SSSR count). The Morgan fingerprint density at radius 3 is 2.42 bits per heavy atom. The molecule has 1 atom stereocenters. The molecule has 1 saturated heterocycles. The molecule has 0 amide bonds. The molecule has 3 aliphatic rings. The molecular formula is C30H32Cl2FN3O2. The summed E-state index contributed by atoms with van der Waals surface area (Å²) in [5, 5.41) is 15.0. The number of rotatable bonds is 7. The van der Waals surface area contributed by atoms with Crippen LogP contribution in [0, 0.1) is 11.8 Å². The first kappa shape index (κ1) is 25.8. The van der Waals surface area contributed by atoms with Gasteiger partial charge < -0.3 is 15.3 Å². The summed E-state index contributed by atoms with van der Waals surface area (Å²) in [4.78, 5) is 20.2. The number of alkyl halides is 1. The van der Waals surface area contributed by atoms with Gasteiger partial charge in [0.1, 0.15) is 6.17 Å². The van der Waals surface area contributed by atoms with Gasteiger partial charge in [-0.1, -0.05) is 29.3 Å². The number of hydrogen-bond acceptors (Lipinski definition) is 5. The molecule has 0 unspecified atom stereocenters. The van der Waals surface area contributed by atoms with Crippen LogP contribution in [-0.2, 0) is 0 Å². The van der Waals surface area contributed by atoms with Gasteiger partial charge in [-0.25, -0.2) is 4.39 Å². The van der Waals surface area contributed by atoms with Crippen molar-refractivity contribution in [2.24, 2.45) is 11.8 Å². The predicted molar refractivity (Wildman–Crippen MR) is 151 cm³/mol. The molecule has 3 fully saturated rings. The Morgan fingerprint density at radius 1 is 1.03 bits per heavy atom. The molecular weight excluding hydrogens is 524 g/mol. The second-order valence-corrected chi connectivity index (χ2v) is 12.0. The molecule has 2 aromatic carbocycles. The number of anilines is 1. The van der Waals surface area contributed by atoms with Gasteiger partial charge in [-0.2, -0.15) is 0 Å². The van der Waals surface area contributed by atoms with E-state index in [-0.39, 0.29) is 33.5 Å². The van der Waals surface area contributed by atoms with Gasteiger partial charge in [-0.05, 0) is 86.3 Å². The van der Waals surface area contributed by atoms with Crippen LogP contribution in [0.25, 0.3) is 22.0 Å². The summed E-state index contributed by atoms with van der Waals surface area (Å²) in [7, 11) is 0. The van der Waals surface area contributed by atoms with Gasteiger partial charge in [0.2, 0.25) is 0 Å². The number of carbonyl (C=O) groups excluding carboxylic acids is 1. The Kier molecular flexibility index (Phi) is 7.23. The number of aromatic hydroxyl groups is 1. The molecule has 200 valence electrons. The summed E-state index contributed by atoms with van der Waals surface area (Å²) in [6, 6.07) is 9.57. The van der Waals surface area contributed by atoms with E-state index >= 15 is 0 Å². The van der Waals surface area contributed by atoms with Gasteiger partial charge in [0.05, 0.1) is 26.8 Å². The minimum Gasteiger partial charge on any atom is -0.505 e. The summed E-state index contributed by atoms with van der Waals surface area (Å²) in [5.74, 6) is 0.703. The third-order valence-electron chi connectivity index (χ3n) is 8.36. The molecule has 3 aromatic rings. The van der Waals surface area contributed by atoms with Crippen LogP contribution in [0.5, 0.6) is 5.75 Å². The topological polar surface area (TPSA) is 65.5 Å². The van der Waals surface area contributed by atoms with E-state index in [2.05, 4.69) is 15.2 Å². The number of ketones is 1. The van der Waals surface area contributed by atoms with Crippen LogP contribution in [0.3, 0.4) is 0 Å². The zero-order valence-corrected chi connectivity index (χ0v) is 22.7. The standard InChI is InChI=1S/C30H32Cl2FN3O2/c31-25-12-20(13-26(32)30(25)38)19-5-8-27-23(11-19)28(24(14-34-27)29(37)18-3-4-18)35-22-6-1-17(2-7-22)15-36-10-9-21(33)16-36/h5,8,11-14,17-18,21-22,38H,1-4,6-7,9-10,15-16H2,(H,34,35)/t17?,21-,22?/m1/s1. The smallest absolute Gasteiger partial charge is 0.169 e. The van der Waals surface area contributed by atoms with Crippen LogP contribution >= 0.6 is 23.2 Å². The Balaban J connectivity index is 1.28. The average molecular weight is 557 g/mol. The molecule has 2 aliphatic carbocycles. The lowest BCUT2D eigenvalue weighted by Crippen LogP contribution is -2.33. The number of phenolic OH excluding ortho intramolecular Hbond substituents is 1. The van der Waals surface area contributed by atoms with E-state index < -0.39 is 6.17 Å². The van der Waals surface area contributed by atoms with E-state index in [4.69, 9.17) is 23.2 Å². The number of aromatic nitrogens is 1. The third kappa shape index (κ3) is 5.36. The number of benzene rings is 2. The SMILES string of the molecule is O=C(c1cnc2ccc(-c3cc(Cl)c(O)c(Cl)c3)cc2c1NC1CCC(CN2CC[C@@H](F)C2)CC1)C1CC1. The monoisotopic (exact) mass is 555 g/mol. The number of nitrogens with one attached hydrogen (secondary N) is 1. The molecule has 0 radical (unpaired) electrons. The van der Waals surface area contributed by atoms with E-state index in [0.717, 1.165) is 79.3 Å². The van der Waals surface area contributed by atoms with Crippen molar-refractivity contribution >= 4 is 45.6 Å². The molecule has 0 bridgehead atoms. The highest BCUT2D eigenvalue weighted by molar-refractivity contribution is 6.37. The third-order valence-corrected chi connectivity index (χ3v) is 8.93. The zero-order valence-electron chi connectivity index (χ0n) is 21.2. The van der Waals surface area contributed by atoms with Crippen molar-refractivity contribution in [3.8, 4) is 16.9 Å². The van der Waals surface area contributed by atoms with Crippen molar-refractivity contribution in [1.29, 1.82) is 0 Å². The first-order valence-electron chi connectivity index (χ1n) is 13.6. The number of fused-ring (bicyclic) bond motifs is 1. The molecule has 1 aromatic heterocycles. The van der Waals surface area contributed by atoms with Gasteiger partial charge in [0, 0.05) is 43.2 Å². The fourth-order valence-corrected chi connectivity index (χ4v) is 6.51. The number of likely N-dealkylation sites (tertiary alicyclic amines) is 1. The normalized spacial score (nSPS) is 24.1. The van der Waals surface area contributed by atoms with Crippen LogP contribution < -0.4 is 5.32 Å².